The van der Waals surface area contributed by atoms with Crippen molar-refractivity contribution in [2.24, 2.45) is 0 Å². The van der Waals surface area contributed by atoms with Gasteiger partial charge in [-0.25, -0.2) is 0 Å². The molecule has 1 fully saturated rings. The highest BCUT2D eigenvalue weighted by atomic mass is 16.5. The van der Waals surface area contributed by atoms with Crippen LogP contribution in [0, 0.1) is 13.8 Å². The molecule has 6 heteroatoms. The minimum atomic E-state index is -0.659. The van der Waals surface area contributed by atoms with Crippen LogP contribution in [0.3, 0.4) is 0 Å². The number of aryl methyl sites for hydroxylation is 2. The first kappa shape index (κ1) is 23.5. The number of amides is 1. The maximum Gasteiger partial charge on any atom is 0.295 e. The second-order valence-electron chi connectivity index (χ2n) is 8.86. The molecule has 0 bridgehead atoms. The highest BCUT2D eigenvalue weighted by Crippen LogP contribution is 2.40. The molecular weight excluding hydrogens is 404 g/mol. The number of hydrogen-bond acceptors (Lipinski definition) is 5. The molecular formula is C26H32N2O4. The lowest BCUT2D eigenvalue weighted by molar-refractivity contribution is -0.140. The molecule has 2 aromatic carbocycles. The van der Waals surface area contributed by atoms with Gasteiger partial charge in [0.25, 0.3) is 11.7 Å². The average Bonchev–Trinajstić information content (AvgIpc) is 2.97. The van der Waals surface area contributed by atoms with Gasteiger partial charge >= 0.3 is 0 Å². The molecule has 0 aliphatic carbocycles. The molecule has 1 heterocycles. The lowest BCUT2D eigenvalue weighted by atomic mass is 9.94. The van der Waals surface area contributed by atoms with Crippen molar-refractivity contribution in [1.29, 1.82) is 0 Å². The van der Waals surface area contributed by atoms with Gasteiger partial charge in [0.05, 0.1) is 17.7 Å². The largest absolute Gasteiger partial charge is 0.507 e. The third-order valence-corrected chi connectivity index (χ3v) is 5.50. The fraction of sp³-hybridized carbons (Fsp3) is 0.385. The molecule has 1 N–H and O–H groups in total. The number of Topliss-reactive ketones (excluding diaryl/α,β-unsaturated/α-hetero) is 1. The first-order valence-electron chi connectivity index (χ1n) is 10.9. The maximum atomic E-state index is 13.1. The van der Waals surface area contributed by atoms with E-state index in [-0.39, 0.29) is 17.4 Å². The van der Waals surface area contributed by atoms with Crippen molar-refractivity contribution in [2.45, 2.75) is 39.8 Å². The zero-order chi connectivity index (χ0) is 23.6. The van der Waals surface area contributed by atoms with Gasteiger partial charge in [-0.1, -0.05) is 29.8 Å². The Kier molecular flexibility index (Phi) is 7.04. The number of nitrogens with zero attached hydrogens (tertiary/aromatic N) is 2. The van der Waals surface area contributed by atoms with Crippen molar-refractivity contribution in [3.05, 3.63) is 70.3 Å². The van der Waals surface area contributed by atoms with E-state index in [4.69, 9.17) is 4.74 Å². The standard InChI is InChI=1S/C26H32N2O4/c1-16(2)32-21-11-10-20(15-18(21)4)24(29)22-23(19-9-7-8-17(3)14-19)28(13-12-27(5)6)26(31)25(22)30/h7-11,14-16,23,29H,12-13H2,1-6H3/b24-22-. The molecule has 1 unspecified atom stereocenters. The highest BCUT2D eigenvalue weighted by molar-refractivity contribution is 6.46. The van der Waals surface area contributed by atoms with Crippen molar-refractivity contribution in [2.75, 3.05) is 27.2 Å². The minimum absolute atomic E-state index is 0.0245. The van der Waals surface area contributed by atoms with Crippen LogP contribution in [0.5, 0.6) is 5.75 Å². The number of likely N-dealkylation sites (N-methyl/N-ethyl adjacent to an activating group) is 1. The summed E-state index contributed by atoms with van der Waals surface area (Å²) in [6.07, 6.45) is 0.0245. The van der Waals surface area contributed by atoms with Gasteiger partial charge in [0, 0.05) is 18.7 Å². The molecule has 1 saturated heterocycles. The van der Waals surface area contributed by atoms with Crippen LogP contribution in [0.15, 0.2) is 48.0 Å². The Morgan fingerprint density at radius 2 is 1.84 bits per heavy atom. The van der Waals surface area contributed by atoms with E-state index in [0.29, 0.717) is 18.7 Å². The molecule has 0 radical (unpaired) electrons. The molecule has 1 aliphatic rings. The van der Waals surface area contributed by atoms with E-state index in [1.165, 1.54) is 0 Å². The quantitative estimate of drug-likeness (QED) is 0.402. The average molecular weight is 437 g/mol. The topological polar surface area (TPSA) is 70.1 Å². The maximum absolute atomic E-state index is 13.1. The number of aliphatic hydroxyl groups is 1. The Balaban J connectivity index is 2.12. The van der Waals surface area contributed by atoms with E-state index in [2.05, 4.69) is 0 Å². The molecule has 6 nitrogen and oxygen atoms in total. The summed E-state index contributed by atoms with van der Waals surface area (Å²) in [6.45, 7) is 8.74. The predicted molar refractivity (Wildman–Crippen MR) is 126 cm³/mol. The van der Waals surface area contributed by atoms with Crippen molar-refractivity contribution in [1.82, 2.24) is 9.80 Å². The Labute approximate surface area is 190 Å². The van der Waals surface area contributed by atoms with E-state index in [0.717, 1.165) is 22.4 Å². The number of rotatable bonds is 7. The number of ether oxygens (including phenoxy) is 1. The minimum Gasteiger partial charge on any atom is -0.507 e. The van der Waals surface area contributed by atoms with Crippen LogP contribution < -0.4 is 4.74 Å². The molecule has 32 heavy (non-hydrogen) atoms. The molecule has 0 spiro atoms. The number of carbonyl (C=O) groups excluding carboxylic acids is 2. The molecule has 2 aromatic rings. The van der Waals surface area contributed by atoms with E-state index in [9.17, 15) is 14.7 Å². The van der Waals surface area contributed by atoms with Crippen LogP contribution in [0.4, 0.5) is 0 Å². The summed E-state index contributed by atoms with van der Waals surface area (Å²) in [5.74, 6) is -0.691. The summed E-state index contributed by atoms with van der Waals surface area (Å²) in [5, 5.41) is 11.2. The van der Waals surface area contributed by atoms with Gasteiger partial charge in [0.1, 0.15) is 11.5 Å². The summed E-state index contributed by atoms with van der Waals surface area (Å²) in [4.78, 5) is 29.6. The number of benzene rings is 2. The van der Waals surface area contributed by atoms with Crippen LogP contribution in [0.1, 0.15) is 42.1 Å². The fourth-order valence-corrected chi connectivity index (χ4v) is 3.94. The van der Waals surface area contributed by atoms with Crippen LogP contribution in [-0.4, -0.2) is 59.9 Å². The summed E-state index contributed by atoms with van der Waals surface area (Å²) < 4.78 is 5.79. The summed E-state index contributed by atoms with van der Waals surface area (Å²) >= 11 is 0. The van der Waals surface area contributed by atoms with E-state index < -0.39 is 17.7 Å². The Morgan fingerprint density at radius 3 is 2.44 bits per heavy atom. The number of likely N-dealkylation sites (tertiary alicyclic amines) is 1. The lowest BCUT2D eigenvalue weighted by Crippen LogP contribution is -2.35. The van der Waals surface area contributed by atoms with Crippen LogP contribution in [0.2, 0.25) is 0 Å². The second kappa shape index (κ2) is 9.57. The SMILES string of the molecule is Cc1cccc(C2/C(=C(/O)c3ccc(OC(C)C)c(C)c3)C(=O)C(=O)N2CCN(C)C)c1. The zero-order valence-electron chi connectivity index (χ0n) is 19.7. The number of ketones is 1. The van der Waals surface area contributed by atoms with Crippen molar-refractivity contribution >= 4 is 17.4 Å². The van der Waals surface area contributed by atoms with Crippen molar-refractivity contribution < 1.29 is 19.4 Å². The van der Waals surface area contributed by atoms with Crippen molar-refractivity contribution in [3.8, 4) is 5.75 Å². The zero-order valence-corrected chi connectivity index (χ0v) is 19.7. The van der Waals surface area contributed by atoms with Crippen LogP contribution in [-0.2, 0) is 9.59 Å². The second-order valence-corrected chi connectivity index (χ2v) is 8.86. The van der Waals surface area contributed by atoms with Gasteiger partial charge in [0.15, 0.2) is 0 Å². The monoisotopic (exact) mass is 436 g/mol. The molecule has 3 rings (SSSR count). The first-order chi connectivity index (χ1) is 15.1. The molecule has 0 saturated carbocycles. The predicted octanol–water partition coefficient (Wildman–Crippen LogP) is 4.07. The Bertz CT molecular complexity index is 1060. The normalized spacial score (nSPS) is 18.1. The Morgan fingerprint density at radius 1 is 1.12 bits per heavy atom. The van der Waals surface area contributed by atoms with E-state index in [1.807, 2.05) is 71.0 Å². The molecule has 1 aliphatic heterocycles. The highest BCUT2D eigenvalue weighted by Gasteiger charge is 2.45. The Hall–Kier alpha value is -3.12. The molecule has 1 atom stereocenters. The van der Waals surface area contributed by atoms with Gasteiger partial charge in [0.2, 0.25) is 0 Å². The lowest BCUT2D eigenvalue weighted by Gasteiger charge is -2.26. The van der Waals surface area contributed by atoms with Crippen LogP contribution in [0.25, 0.3) is 5.76 Å². The molecule has 0 aromatic heterocycles. The number of hydrogen-bond donors (Lipinski definition) is 1. The van der Waals surface area contributed by atoms with Gasteiger partial charge < -0.3 is 19.6 Å². The summed E-state index contributed by atoms with van der Waals surface area (Å²) in [6, 6.07) is 12.4. The smallest absolute Gasteiger partial charge is 0.295 e. The van der Waals surface area contributed by atoms with Gasteiger partial charge in [-0.15, -0.1) is 0 Å². The summed E-state index contributed by atoms with van der Waals surface area (Å²) in [7, 11) is 3.84. The van der Waals surface area contributed by atoms with Crippen LogP contribution >= 0.6 is 0 Å². The van der Waals surface area contributed by atoms with Crippen molar-refractivity contribution in [3.63, 3.8) is 0 Å². The van der Waals surface area contributed by atoms with E-state index >= 15 is 0 Å². The van der Waals surface area contributed by atoms with Gasteiger partial charge in [-0.3, -0.25) is 9.59 Å². The third kappa shape index (κ3) is 4.86. The van der Waals surface area contributed by atoms with Gasteiger partial charge in [-0.2, -0.15) is 0 Å². The number of aliphatic hydroxyl groups excluding tert-OH is 1. The first-order valence-corrected chi connectivity index (χ1v) is 10.9. The molecule has 170 valence electrons. The van der Waals surface area contributed by atoms with E-state index in [1.54, 1.807) is 23.1 Å². The molecule has 1 amide bonds. The third-order valence-electron chi connectivity index (χ3n) is 5.50. The van der Waals surface area contributed by atoms with Gasteiger partial charge in [-0.05, 0) is 71.1 Å². The summed E-state index contributed by atoms with van der Waals surface area (Å²) in [5.41, 5.74) is 3.28. The fourth-order valence-electron chi connectivity index (χ4n) is 3.94. The number of carbonyl (C=O) groups is 2.